The first kappa shape index (κ1) is 17.0. The van der Waals surface area contributed by atoms with Crippen LogP contribution in [0, 0.1) is 11.8 Å². The van der Waals surface area contributed by atoms with Gasteiger partial charge in [0.1, 0.15) is 0 Å². The number of benzene rings is 1. The third-order valence-electron chi connectivity index (χ3n) is 4.99. The Bertz CT molecular complexity index is 797. The average Bonchev–Trinajstić information content (AvgIpc) is 2.97. The Balaban J connectivity index is 1.98. The Morgan fingerprint density at radius 2 is 1.96 bits per heavy atom. The smallest absolute Gasteiger partial charge is 0.303 e. The second-order valence-corrected chi connectivity index (χ2v) is 7.12. The van der Waals surface area contributed by atoms with Gasteiger partial charge < -0.3 is 20.4 Å². The van der Waals surface area contributed by atoms with Crippen LogP contribution in [0.5, 0.6) is 0 Å². The van der Waals surface area contributed by atoms with Crippen LogP contribution in [0.3, 0.4) is 0 Å². The minimum Gasteiger partial charge on any atom is -0.481 e. The molecule has 0 amide bonds. The summed E-state index contributed by atoms with van der Waals surface area (Å²) in [5.41, 5.74) is 1.11. The molecule has 5 heteroatoms. The molecule has 2 rings (SSSR count). The van der Waals surface area contributed by atoms with E-state index in [9.17, 15) is 20.1 Å². The molecule has 1 aromatic carbocycles. The minimum absolute atomic E-state index is 0.153. The SMILES string of the molecule is [2H]C([2H])(/C=C\C[C@@H]1[C@@H](/C=C/[C@H](O)CCc2ccccc2)[C@H](O)C[C@@H]1O)C([2H])([2H])CC(=O)O. The van der Waals surface area contributed by atoms with Crippen LogP contribution in [0.15, 0.2) is 54.6 Å². The highest BCUT2D eigenvalue weighted by Crippen LogP contribution is 2.36. The summed E-state index contributed by atoms with van der Waals surface area (Å²) in [7, 11) is 0. The Morgan fingerprint density at radius 1 is 1.21 bits per heavy atom. The number of carbonyl (C=O) groups is 1. The highest BCUT2D eigenvalue weighted by atomic mass is 16.4. The first-order valence-electron chi connectivity index (χ1n) is 11.6. The number of hydrogen-bond donors (Lipinski definition) is 4. The van der Waals surface area contributed by atoms with Gasteiger partial charge in [-0.3, -0.25) is 4.79 Å². The molecule has 1 aliphatic rings. The molecule has 5 atom stereocenters. The van der Waals surface area contributed by atoms with Crippen LogP contribution in [0.1, 0.15) is 49.5 Å². The molecule has 28 heavy (non-hydrogen) atoms. The number of rotatable bonds is 11. The summed E-state index contributed by atoms with van der Waals surface area (Å²) in [5.74, 6) is -2.31. The first-order valence-corrected chi connectivity index (χ1v) is 9.59. The van der Waals surface area contributed by atoms with Crippen LogP contribution in [0.4, 0.5) is 0 Å². The van der Waals surface area contributed by atoms with E-state index in [1.165, 1.54) is 6.08 Å². The Kier molecular flexibility index (Phi) is 7.14. The summed E-state index contributed by atoms with van der Waals surface area (Å²) in [6.07, 6.45) is -1.21. The number of hydrogen-bond acceptors (Lipinski definition) is 4. The number of carboxylic acid groups (broad SMARTS) is 1. The van der Waals surface area contributed by atoms with Crippen LogP contribution < -0.4 is 0 Å². The highest BCUT2D eigenvalue weighted by molar-refractivity contribution is 5.66. The van der Waals surface area contributed by atoms with E-state index in [1.54, 1.807) is 12.2 Å². The molecule has 1 fully saturated rings. The van der Waals surface area contributed by atoms with E-state index in [0.717, 1.165) is 11.6 Å². The lowest BCUT2D eigenvalue weighted by atomic mass is 9.89. The quantitative estimate of drug-likeness (QED) is 0.434. The fourth-order valence-corrected chi connectivity index (χ4v) is 3.49. The van der Waals surface area contributed by atoms with Gasteiger partial charge in [-0.2, -0.15) is 0 Å². The molecular formula is C23H32O5. The van der Waals surface area contributed by atoms with Crippen LogP contribution in [-0.4, -0.2) is 44.7 Å². The van der Waals surface area contributed by atoms with Gasteiger partial charge in [0.2, 0.25) is 0 Å². The number of allylic oxidation sites excluding steroid dienone is 2. The molecule has 0 bridgehead atoms. The van der Waals surface area contributed by atoms with Crippen LogP contribution in [-0.2, 0) is 11.2 Å². The van der Waals surface area contributed by atoms with Gasteiger partial charge in [-0.15, -0.1) is 0 Å². The molecule has 1 aliphatic carbocycles. The third-order valence-corrected chi connectivity index (χ3v) is 4.99. The van der Waals surface area contributed by atoms with Crippen molar-refractivity contribution < 1.29 is 30.7 Å². The molecule has 0 unspecified atom stereocenters. The Morgan fingerprint density at radius 3 is 2.68 bits per heavy atom. The van der Waals surface area contributed by atoms with E-state index < -0.39 is 55.3 Å². The second kappa shape index (κ2) is 11.8. The number of aliphatic carboxylic acids is 1. The van der Waals surface area contributed by atoms with Gasteiger partial charge in [-0.1, -0.05) is 54.6 Å². The van der Waals surface area contributed by atoms with Crippen molar-refractivity contribution in [2.24, 2.45) is 11.8 Å². The van der Waals surface area contributed by atoms with E-state index >= 15 is 0 Å². The molecule has 0 radical (unpaired) electrons. The summed E-state index contributed by atoms with van der Waals surface area (Å²) in [6.45, 7) is 0. The van der Waals surface area contributed by atoms with Gasteiger partial charge >= 0.3 is 5.97 Å². The second-order valence-electron chi connectivity index (χ2n) is 7.12. The largest absolute Gasteiger partial charge is 0.481 e. The molecule has 154 valence electrons. The van der Waals surface area contributed by atoms with Crippen LogP contribution >= 0.6 is 0 Å². The van der Waals surface area contributed by atoms with Gasteiger partial charge in [0, 0.05) is 24.2 Å². The molecule has 1 saturated carbocycles. The molecule has 0 aromatic heterocycles. The van der Waals surface area contributed by atoms with Crippen LogP contribution in [0.25, 0.3) is 0 Å². The van der Waals surface area contributed by atoms with Crippen molar-refractivity contribution in [1.29, 1.82) is 0 Å². The van der Waals surface area contributed by atoms with E-state index in [1.807, 2.05) is 30.3 Å². The van der Waals surface area contributed by atoms with E-state index in [4.69, 9.17) is 10.6 Å². The zero-order valence-corrected chi connectivity index (χ0v) is 15.8. The molecule has 1 aromatic rings. The summed E-state index contributed by atoms with van der Waals surface area (Å²) < 4.78 is 31.2. The summed E-state index contributed by atoms with van der Waals surface area (Å²) in [5, 5.41) is 39.7. The van der Waals surface area contributed by atoms with E-state index in [2.05, 4.69) is 0 Å². The van der Waals surface area contributed by atoms with Crippen molar-refractivity contribution in [3.63, 3.8) is 0 Å². The maximum Gasteiger partial charge on any atom is 0.303 e. The summed E-state index contributed by atoms with van der Waals surface area (Å²) in [6, 6.07) is 9.75. The van der Waals surface area contributed by atoms with Gasteiger partial charge in [0.05, 0.1) is 18.3 Å². The highest BCUT2D eigenvalue weighted by Gasteiger charge is 2.39. The van der Waals surface area contributed by atoms with Gasteiger partial charge in [0.25, 0.3) is 0 Å². The summed E-state index contributed by atoms with van der Waals surface area (Å²) in [4.78, 5) is 10.8. The van der Waals surface area contributed by atoms with Crippen molar-refractivity contribution in [3.05, 3.63) is 60.2 Å². The molecule has 0 spiro atoms. The van der Waals surface area contributed by atoms with Gasteiger partial charge in [-0.25, -0.2) is 0 Å². The predicted molar refractivity (Wildman–Crippen MR) is 109 cm³/mol. The van der Waals surface area contributed by atoms with Crippen molar-refractivity contribution in [2.75, 3.05) is 0 Å². The number of aliphatic hydroxyl groups excluding tert-OH is 3. The zero-order chi connectivity index (χ0) is 23.9. The Hall–Kier alpha value is -1.95. The number of aliphatic hydroxyl groups is 3. The van der Waals surface area contributed by atoms with Crippen molar-refractivity contribution >= 4 is 5.97 Å². The standard InChI is InChI=1S/C23H32O5/c24-18(13-12-17-8-4-3-5-9-17)14-15-20-19(21(25)16-22(20)26)10-6-1-2-7-11-23(27)28/h1,3-6,8-9,14-15,18-22,24-26H,2,7,10-13,16H2,(H,27,28)/b6-1-,15-14+/t18-,19-,20-,21+,22-/m1/s1/i2D2,7D2. The lowest BCUT2D eigenvalue weighted by molar-refractivity contribution is -0.137. The molecule has 0 heterocycles. The number of carboxylic acids is 1. The van der Waals surface area contributed by atoms with Gasteiger partial charge in [-0.05, 0) is 43.5 Å². The van der Waals surface area contributed by atoms with Gasteiger partial charge in [0.15, 0.2) is 0 Å². The maximum absolute atomic E-state index is 10.8. The predicted octanol–water partition coefficient (Wildman–Crippen LogP) is 3.10. The molecule has 5 nitrogen and oxygen atoms in total. The lowest BCUT2D eigenvalue weighted by Crippen LogP contribution is -2.20. The van der Waals surface area contributed by atoms with Crippen molar-refractivity contribution in [3.8, 4) is 0 Å². The van der Waals surface area contributed by atoms with E-state index in [-0.39, 0.29) is 12.8 Å². The molecule has 4 N–H and O–H groups in total. The molecule has 0 aliphatic heterocycles. The van der Waals surface area contributed by atoms with Crippen LogP contribution in [0.2, 0.25) is 0 Å². The minimum atomic E-state index is -2.59. The molecular weight excluding hydrogens is 356 g/mol. The lowest BCUT2D eigenvalue weighted by Gasteiger charge is -2.19. The van der Waals surface area contributed by atoms with Crippen molar-refractivity contribution in [1.82, 2.24) is 0 Å². The monoisotopic (exact) mass is 392 g/mol. The normalized spacial score (nSPS) is 29.4. The Labute approximate surface area is 172 Å². The topological polar surface area (TPSA) is 98.0 Å². The first-order chi connectivity index (χ1) is 14.9. The summed E-state index contributed by atoms with van der Waals surface area (Å²) >= 11 is 0. The average molecular weight is 393 g/mol. The third kappa shape index (κ3) is 7.58. The number of aryl methyl sites for hydroxylation is 1. The van der Waals surface area contributed by atoms with Crippen molar-refractivity contribution in [2.45, 2.75) is 63.2 Å². The fourth-order valence-electron chi connectivity index (χ4n) is 3.49. The fraction of sp³-hybridized carbons (Fsp3) is 0.522. The molecule has 0 saturated heterocycles. The maximum atomic E-state index is 10.8. The van der Waals surface area contributed by atoms with E-state index in [0.29, 0.717) is 12.8 Å². The zero-order valence-electron chi connectivity index (χ0n) is 19.8.